The molecular weight excluding hydrogens is 474 g/mol. The summed E-state index contributed by atoms with van der Waals surface area (Å²) in [7, 11) is 0. The molecule has 0 unspecified atom stereocenters. The van der Waals surface area contributed by atoms with Crippen molar-refractivity contribution in [2.24, 2.45) is 5.92 Å². The van der Waals surface area contributed by atoms with Crippen molar-refractivity contribution in [1.82, 2.24) is 34.4 Å². The molecule has 35 heavy (non-hydrogen) atoms. The van der Waals surface area contributed by atoms with Crippen LogP contribution in [-0.4, -0.2) is 91.4 Å². The SMILES string of the molecule is Nc1nc(N[C@H](C(=O)N2CCN(CC(F)(F)C(F)F)CC2)C2CC2)nc2nc(-c3ccco3)nn12. The fraction of sp³-hybridized carbons (Fsp3) is 0.550. The maximum Gasteiger partial charge on any atom is 0.319 e. The number of carbonyl (C=O) groups is 1. The fourth-order valence-electron chi connectivity index (χ4n) is 4.02. The summed E-state index contributed by atoms with van der Waals surface area (Å²) in [6.45, 7) is -0.571. The molecule has 11 nitrogen and oxygen atoms in total. The number of anilines is 2. The third-order valence-electron chi connectivity index (χ3n) is 6.06. The Kier molecular flexibility index (Phi) is 5.94. The Morgan fingerprint density at radius 1 is 1.20 bits per heavy atom. The van der Waals surface area contributed by atoms with Crippen molar-refractivity contribution in [2.75, 3.05) is 43.8 Å². The molecule has 0 radical (unpaired) electrons. The number of carbonyl (C=O) groups excluding carboxylic acids is 1. The van der Waals surface area contributed by atoms with Crippen LogP contribution in [0.2, 0.25) is 0 Å². The molecule has 1 aliphatic heterocycles. The van der Waals surface area contributed by atoms with Gasteiger partial charge in [-0.15, -0.1) is 5.10 Å². The average Bonchev–Trinajstić information content (AvgIpc) is 3.32. The lowest BCUT2D eigenvalue weighted by Gasteiger charge is -2.37. The summed E-state index contributed by atoms with van der Waals surface area (Å²) in [5, 5.41) is 7.28. The van der Waals surface area contributed by atoms with E-state index in [1.165, 1.54) is 15.7 Å². The number of amides is 1. The second-order valence-electron chi connectivity index (χ2n) is 8.65. The molecule has 188 valence electrons. The average molecular weight is 497 g/mol. The van der Waals surface area contributed by atoms with Gasteiger partial charge < -0.3 is 20.4 Å². The lowest BCUT2D eigenvalue weighted by atomic mass is 10.1. The third kappa shape index (κ3) is 4.85. The lowest BCUT2D eigenvalue weighted by Crippen LogP contribution is -2.55. The van der Waals surface area contributed by atoms with E-state index in [9.17, 15) is 22.4 Å². The van der Waals surface area contributed by atoms with Crippen LogP contribution in [0.3, 0.4) is 0 Å². The molecule has 3 aromatic rings. The zero-order valence-electron chi connectivity index (χ0n) is 18.5. The van der Waals surface area contributed by atoms with Gasteiger partial charge in [0, 0.05) is 26.2 Å². The number of nitrogens with zero attached hydrogens (tertiary/aromatic N) is 7. The minimum Gasteiger partial charge on any atom is -0.461 e. The maximum atomic E-state index is 13.4. The minimum absolute atomic E-state index is 0.0124. The number of nitrogen functional groups attached to an aromatic ring is 1. The highest BCUT2D eigenvalue weighted by Gasteiger charge is 2.44. The Morgan fingerprint density at radius 2 is 1.94 bits per heavy atom. The summed E-state index contributed by atoms with van der Waals surface area (Å²) >= 11 is 0. The van der Waals surface area contributed by atoms with Crippen LogP contribution in [0.4, 0.5) is 29.5 Å². The maximum absolute atomic E-state index is 13.4. The third-order valence-corrected chi connectivity index (χ3v) is 6.06. The van der Waals surface area contributed by atoms with E-state index in [0.29, 0.717) is 5.76 Å². The molecule has 1 atom stereocenters. The van der Waals surface area contributed by atoms with Crippen molar-refractivity contribution < 1.29 is 26.8 Å². The van der Waals surface area contributed by atoms with Gasteiger partial charge in [0.25, 0.3) is 5.78 Å². The number of furan rings is 1. The molecule has 0 bridgehead atoms. The summed E-state index contributed by atoms with van der Waals surface area (Å²) < 4.78 is 58.3. The van der Waals surface area contributed by atoms with Gasteiger partial charge in [0.15, 0.2) is 5.76 Å². The standard InChI is InChI=1S/C20H23F4N9O2/c21-16(22)20(23,24)10-31-5-7-32(8-6-31)15(34)13(11-3-4-11)26-18-28-17(25)33-19(29-18)27-14(30-33)12-2-1-9-35-12/h1-2,9,11,13,16H,3-8,10H2,(H3,25,26,27,28,29,30)/t13-/m0/s1. The van der Waals surface area contributed by atoms with Gasteiger partial charge in [-0.1, -0.05) is 0 Å². The molecule has 2 fully saturated rings. The van der Waals surface area contributed by atoms with Crippen molar-refractivity contribution in [3.8, 4) is 11.6 Å². The molecule has 4 heterocycles. The first-order valence-corrected chi connectivity index (χ1v) is 11.1. The van der Waals surface area contributed by atoms with E-state index in [4.69, 9.17) is 10.2 Å². The number of piperazine rings is 1. The number of nitrogens with one attached hydrogen (secondary N) is 1. The lowest BCUT2D eigenvalue weighted by molar-refractivity contribution is -0.148. The van der Waals surface area contributed by atoms with Crippen LogP contribution in [0.1, 0.15) is 12.8 Å². The van der Waals surface area contributed by atoms with Crippen molar-refractivity contribution in [2.45, 2.75) is 31.2 Å². The van der Waals surface area contributed by atoms with Crippen LogP contribution in [0.5, 0.6) is 0 Å². The van der Waals surface area contributed by atoms with Crippen molar-refractivity contribution in [3.63, 3.8) is 0 Å². The molecule has 3 N–H and O–H groups in total. The van der Waals surface area contributed by atoms with Gasteiger partial charge in [-0.2, -0.15) is 28.2 Å². The molecule has 1 saturated heterocycles. The molecule has 1 amide bonds. The molecule has 0 aromatic carbocycles. The number of hydrogen-bond donors (Lipinski definition) is 2. The number of halogens is 4. The van der Waals surface area contributed by atoms with Crippen LogP contribution in [-0.2, 0) is 4.79 Å². The molecule has 0 spiro atoms. The smallest absolute Gasteiger partial charge is 0.319 e. The minimum atomic E-state index is -4.08. The topological polar surface area (TPSA) is 131 Å². The monoisotopic (exact) mass is 497 g/mol. The van der Waals surface area contributed by atoms with Gasteiger partial charge in [-0.25, -0.2) is 8.78 Å². The van der Waals surface area contributed by atoms with Gasteiger partial charge in [0.05, 0.1) is 12.8 Å². The zero-order valence-corrected chi connectivity index (χ0v) is 18.5. The van der Waals surface area contributed by atoms with Crippen LogP contribution in [0.25, 0.3) is 17.4 Å². The Labute approximate surface area is 196 Å². The van der Waals surface area contributed by atoms with Crippen molar-refractivity contribution in [1.29, 1.82) is 0 Å². The van der Waals surface area contributed by atoms with E-state index in [0.717, 1.165) is 12.8 Å². The van der Waals surface area contributed by atoms with Crippen LogP contribution in [0.15, 0.2) is 22.8 Å². The van der Waals surface area contributed by atoms with Crippen LogP contribution >= 0.6 is 0 Å². The highest BCUT2D eigenvalue weighted by Crippen LogP contribution is 2.35. The fourth-order valence-corrected chi connectivity index (χ4v) is 4.02. The summed E-state index contributed by atoms with van der Waals surface area (Å²) in [5.74, 6) is -3.26. The molecule has 2 aliphatic rings. The summed E-state index contributed by atoms with van der Waals surface area (Å²) in [6.07, 6.45) is -0.584. The van der Waals surface area contributed by atoms with Gasteiger partial charge in [-0.3, -0.25) is 9.69 Å². The summed E-state index contributed by atoms with van der Waals surface area (Å²) in [4.78, 5) is 28.8. The number of fused-ring (bicyclic) bond motifs is 1. The van der Waals surface area contributed by atoms with Gasteiger partial charge in [0.2, 0.25) is 23.6 Å². The van der Waals surface area contributed by atoms with Crippen LogP contribution < -0.4 is 11.1 Å². The zero-order chi connectivity index (χ0) is 24.7. The first-order valence-electron chi connectivity index (χ1n) is 11.1. The molecule has 1 saturated carbocycles. The van der Waals surface area contributed by atoms with E-state index < -0.39 is 24.9 Å². The molecule has 15 heteroatoms. The first kappa shape index (κ1) is 23.3. The van der Waals surface area contributed by atoms with E-state index in [2.05, 4.69) is 25.4 Å². The number of aromatic nitrogens is 5. The highest BCUT2D eigenvalue weighted by atomic mass is 19.3. The molecule has 5 rings (SSSR count). The van der Waals surface area contributed by atoms with E-state index in [1.807, 2.05) is 0 Å². The normalized spacial score (nSPS) is 18.4. The predicted molar refractivity (Wildman–Crippen MR) is 115 cm³/mol. The Hall–Kier alpha value is -3.49. The van der Waals surface area contributed by atoms with Crippen molar-refractivity contribution in [3.05, 3.63) is 18.4 Å². The largest absolute Gasteiger partial charge is 0.461 e. The molecule has 3 aromatic heterocycles. The predicted octanol–water partition coefficient (Wildman–Crippen LogP) is 1.60. The quantitative estimate of drug-likeness (QED) is 0.446. The number of alkyl halides is 4. The molecule has 1 aliphatic carbocycles. The Morgan fingerprint density at radius 3 is 2.57 bits per heavy atom. The number of rotatable bonds is 8. The first-order chi connectivity index (χ1) is 16.7. The van der Waals surface area contributed by atoms with E-state index in [1.54, 1.807) is 17.0 Å². The van der Waals surface area contributed by atoms with Gasteiger partial charge in [0.1, 0.15) is 6.04 Å². The second kappa shape index (κ2) is 8.94. The Bertz CT molecular complexity index is 1190. The Balaban J connectivity index is 1.27. The van der Waals surface area contributed by atoms with Crippen LogP contribution in [0, 0.1) is 5.92 Å². The van der Waals surface area contributed by atoms with Gasteiger partial charge >= 0.3 is 12.3 Å². The van der Waals surface area contributed by atoms with Crippen molar-refractivity contribution >= 4 is 23.6 Å². The number of hydrogen-bond acceptors (Lipinski definition) is 9. The van der Waals surface area contributed by atoms with Gasteiger partial charge in [-0.05, 0) is 30.9 Å². The highest BCUT2D eigenvalue weighted by molar-refractivity contribution is 5.85. The van der Waals surface area contributed by atoms with E-state index >= 15 is 0 Å². The molecular formula is C20H23F4N9O2. The van der Waals surface area contributed by atoms with E-state index in [-0.39, 0.29) is 61.5 Å². The number of nitrogens with two attached hydrogens (primary N) is 1. The summed E-state index contributed by atoms with van der Waals surface area (Å²) in [5.41, 5.74) is 6.02. The second-order valence-corrected chi connectivity index (χ2v) is 8.65. The summed E-state index contributed by atoms with van der Waals surface area (Å²) in [6, 6.07) is 2.74.